The first kappa shape index (κ1) is 15.1. The Morgan fingerprint density at radius 1 is 1.19 bits per heavy atom. The topological polar surface area (TPSA) is 15.3 Å². The van der Waals surface area contributed by atoms with Gasteiger partial charge in [0.05, 0.1) is 0 Å². The highest BCUT2D eigenvalue weighted by molar-refractivity contribution is 5.29. The van der Waals surface area contributed by atoms with Crippen LogP contribution >= 0.6 is 0 Å². The van der Waals surface area contributed by atoms with Crippen LogP contribution in [0.5, 0.6) is 0 Å². The molecule has 1 N–H and O–H groups in total. The summed E-state index contributed by atoms with van der Waals surface area (Å²) in [5.41, 5.74) is 3.11. The van der Waals surface area contributed by atoms with Crippen molar-refractivity contribution in [3.05, 3.63) is 35.4 Å². The van der Waals surface area contributed by atoms with E-state index < -0.39 is 0 Å². The van der Waals surface area contributed by atoms with E-state index in [1.54, 1.807) is 11.1 Å². The Balaban J connectivity index is 1.62. The van der Waals surface area contributed by atoms with Crippen LogP contribution in [0.1, 0.15) is 44.2 Å². The van der Waals surface area contributed by atoms with Crippen LogP contribution in [0.4, 0.5) is 0 Å². The second-order valence-corrected chi connectivity index (χ2v) is 7.10. The summed E-state index contributed by atoms with van der Waals surface area (Å²) >= 11 is 0. The van der Waals surface area contributed by atoms with Crippen molar-refractivity contribution in [3.63, 3.8) is 0 Å². The van der Waals surface area contributed by atoms with Crippen molar-refractivity contribution in [2.24, 2.45) is 11.8 Å². The quantitative estimate of drug-likeness (QED) is 0.912. The lowest BCUT2D eigenvalue weighted by Crippen LogP contribution is -2.46. The van der Waals surface area contributed by atoms with Gasteiger partial charge in [-0.05, 0) is 55.2 Å². The molecule has 116 valence electrons. The molecule has 1 heterocycles. The summed E-state index contributed by atoms with van der Waals surface area (Å²) in [6.07, 6.45) is 5.39. The van der Waals surface area contributed by atoms with Crippen LogP contribution < -0.4 is 5.32 Å². The molecule has 1 aliphatic heterocycles. The normalized spacial score (nSPS) is 30.1. The highest BCUT2D eigenvalue weighted by Crippen LogP contribution is 2.31. The molecular formula is C19H30N2. The average molecular weight is 286 g/mol. The van der Waals surface area contributed by atoms with Crippen LogP contribution in [0.3, 0.4) is 0 Å². The van der Waals surface area contributed by atoms with Gasteiger partial charge in [-0.2, -0.15) is 0 Å². The minimum atomic E-state index is 0.739. The Labute approximate surface area is 129 Å². The van der Waals surface area contributed by atoms with Crippen molar-refractivity contribution >= 4 is 0 Å². The molecule has 0 aromatic heterocycles. The third kappa shape index (κ3) is 3.67. The molecule has 2 heteroatoms. The van der Waals surface area contributed by atoms with Crippen molar-refractivity contribution < 1.29 is 0 Å². The van der Waals surface area contributed by atoms with E-state index in [4.69, 9.17) is 0 Å². The van der Waals surface area contributed by atoms with Gasteiger partial charge in [0.2, 0.25) is 0 Å². The number of benzene rings is 1. The molecule has 1 saturated carbocycles. The lowest BCUT2D eigenvalue weighted by atomic mass is 9.78. The zero-order valence-corrected chi connectivity index (χ0v) is 13.6. The van der Waals surface area contributed by atoms with Gasteiger partial charge in [0.15, 0.2) is 0 Å². The van der Waals surface area contributed by atoms with E-state index in [0.717, 1.165) is 31.0 Å². The summed E-state index contributed by atoms with van der Waals surface area (Å²) in [6, 6.07) is 9.72. The summed E-state index contributed by atoms with van der Waals surface area (Å²) in [7, 11) is 0. The van der Waals surface area contributed by atoms with Crippen molar-refractivity contribution in [2.75, 3.05) is 19.6 Å². The third-order valence-electron chi connectivity index (χ3n) is 5.41. The maximum atomic E-state index is 3.74. The maximum absolute atomic E-state index is 3.74. The van der Waals surface area contributed by atoms with Crippen molar-refractivity contribution in [1.29, 1.82) is 0 Å². The lowest BCUT2D eigenvalue weighted by Gasteiger charge is -2.39. The van der Waals surface area contributed by atoms with Crippen LogP contribution in [0.2, 0.25) is 0 Å². The number of nitrogens with zero attached hydrogens (tertiary/aromatic N) is 1. The van der Waals surface area contributed by atoms with Crippen molar-refractivity contribution in [2.45, 2.75) is 52.1 Å². The molecule has 1 aromatic carbocycles. The van der Waals surface area contributed by atoms with Gasteiger partial charge in [0, 0.05) is 25.7 Å². The minimum absolute atomic E-state index is 0.739. The number of nitrogens with one attached hydrogen (secondary N) is 1. The first-order chi connectivity index (χ1) is 10.3. The van der Waals surface area contributed by atoms with Gasteiger partial charge in [-0.1, -0.05) is 38.1 Å². The Kier molecular flexibility index (Phi) is 4.97. The number of rotatable bonds is 4. The molecule has 2 aliphatic rings. The molecular weight excluding hydrogens is 256 g/mol. The number of hydrogen-bond donors (Lipinski definition) is 1. The first-order valence-corrected chi connectivity index (χ1v) is 8.78. The van der Waals surface area contributed by atoms with Crippen LogP contribution in [0, 0.1) is 11.8 Å². The maximum Gasteiger partial charge on any atom is 0.0236 e. The molecule has 0 bridgehead atoms. The molecule has 21 heavy (non-hydrogen) atoms. The Morgan fingerprint density at radius 3 is 2.81 bits per heavy atom. The standard InChI is InChI=1S/C19H30N2/c1-3-20-19-9-8-15(2)12-18(19)14-21-11-10-16-6-4-5-7-17(16)13-21/h4-7,15,18-20H,3,8-14H2,1-2H3. The predicted octanol–water partition coefficient (Wildman–Crippen LogP) is 3.46. The number of fused-ring (bicyclic) bond motifs is 1. The molecule has 2 nitrogen and oxygen atoms in total. The smallest absolute Gasteiger partial charge is 0.0236 e. The second kappa shape index (κ2) is 6.93. The van der Waals surface area contributed by atoms with Gasteiger partial charge in [-0.15, -0.1) is 0 Å². The Hall–Kier alpha value is -0.860. The van der Waals surface area contributed by atoms with E-state index in [1.807, 2.05) is 0 Å². The zero-order chi connectivity index (χ0) is 14.7. The minimum Gasteiger partial charge on any atom is -0.314 e. The van der Waals surface area contributed by atoms with E-state index in [1.165, 1.54) is 38.8 Å². The van der Waals surface area contributed by atoms with Gasteiger partial charge >= 0.3 is 0 Å². The van der Waals surface area contributed by atoms with Gasteiger partial charge < -0.3 is 5.32 Å². The molecule has 1 fully saturated rings. The molecule has 3 rings (SSSR count). The summed E-state index contributed by atoms with van der Waals surface area (Å²) in [4.78, 5) is 2.69. The fourth-order valence-corrected chi connectivity index (χ4v) is 4.27. The van der Waals surface area contributed by atoms with Gasteiger partial charge in [-0.25, -0.2) is 0 Å². The molecule has 1 aliphatic carbocycles. The predicted molar refractivity (Wildman–Crippen MR) is 89.4 cm³/mol. The van der Waals surface area contributed by atoms with E-state index in [0.29, 0.717) is 0 Å². The molecule has 3 unspecified atom stereocenters. The van der Waals surface area contributed by atoms with Crippen LogP contribution in [0.15, 0.2) is 24.3 Å². The fourth-order valence-electron chi connectivity index (χ4n) is 4.27. The fraction of sp³-hybridized carbons (Fsp3) is 0.684. The largest absolute Gasteiger partial charge is 0.314 e. The van der Waals surface area contributed by atoms with Crippen molar-refractivity contribution in [1.82, 2.24) is 10.2 Å². The Morgan fingerprint density at radius 2 is 2.00 bits per heavy atom. The van der Waals surface area contributed by atoms with E-state index >= 15 is 0 Å². The van der Waals surface area contributed by atoms with Crippen LogP contribution in [-0.2, 0) is 13.0 Å². The van der Waals surface area contributed by atoms with Crippen LogP contribution in [0.25, 0.3) is 0 Å². The molecule has 0 radical (unpaired) electrons. The molecule has 1 aromatic rings. The zero-order valence-electron chi connectivity index (χ0n) is 13.6. The van der Waals surface area contributed by atoms with Gasteiger partial charge in [0.25, 0.3) is 0 Å². The molecule has 0 spiro atoms. The summed E-state index contributed by atoms with van der Waals surface area (Å²) in [5, 5.41) is 3.74. The van der Waals surface area contributed by atoms with E-state index in [-0.39, 0.29) is 0 Å². The molecule has 3 atom stereocenters. The monoisotopic (exact) mass is 286 g/mol. The lowest BCUT2D eigenvalue weighted by molar-refractivity contribution is 0.137. The summed E-state index contributed by atoms with van der Waals surface area (Å²) in [5.74, 6) is 1.74. The molecule has 0 amide bonds. The third-order valence-corrected chi connectivity index (χ3v) is 5.41. The highest BCUT2D eigenvalue weighted by atomic mass is 15.1. The second-order valence-electron chi connectivity index (χ2n) is 7.10. The number of hydrogen-bond acceptors (Lipinski definition) is 2. The van der Waals surface area contributed by atoms with E-state index in [2.05, 4.69) is 48.3 Å². The van der Waals surface area contributed by atoms with E-state index in [9.17, 15) is 0 Å². The molecule has 0 saturated heterocycles. The summed E-state index contributed by atoms with van der Waals surface area (Å²) < 4.78 is 0. The first-order valence-electron chi connectivity index (χ1n) is 8.78. The Bertz CT molecular complexity index is 457. The highest BCUT2D eigenvalue weighted by Gasteiger charge is 2.30. The van der Waals surface area contributed by atoms with Gasteiger partial charge in [0.1, 0.15) is 0 Å². The van der Waals surface area contributed by atoms with Crippen molar-refractivity contribution in [3.8, 4) is 0 Å². The summed E-state index contributed by atoms with van der Waals surface area (Å²) in [6.45, 7) is 9.45. The van der Waals surface area contributed by atoms with Crippen LogP contribution in [-0.4, -0.2) is 30.6 Å². The van der Waals surface area contributed by atoms with Gasteiger partial charge in [-0.3, -0.25) is 4.90 Å². The SMILES string of the molecule is CCNC1CCC(C)CC1CN1CCc2ccccc2C1. The average Bonchev–Trinajstić information content (AvgIpc) is 2.50.